The van der Waals surface area contributed by atoms with Crippen LogP contribution >= 0.6 is 0 Å². The normalized spacial score (nSPS) is 52.0. The molecule has 4 aliphatic rings. The van der Waals surface area contributed by atoms with E-state index >= 15 is 0 Å². The summed E-state index contributed by atoms with van der Waals surface area (Å²) < 4.78 is 0. The highest BCUT2D eigenvalue weighted by molar-refractivity contribution is 5.97. The molecule has 2 nitrogen and oxygen atoms in total. The van der Waals surface area contributed by atoms with Gasteiger partial charge in [-0.25, -0.2) is 0 Å². The van der Waals surface area contributed by atoms with Crippen molar-refractivity contribution in [1.29, 1.82) is 0 Å². The van der Waals surface area contributed by atoms with Crippen LogP contribution in [-0.4, -0.2) is 17.0 Å². The molecule has 4 aliphatic carbocycles. The van der Waals surface area contributed by atoms with Crippen LogP contribution in [0.4, 0.5) is 0 Å². The Labute approximate surface area is 127 Å². The first-order chi connectivity index (χ1) is 9.95. The van der Waals surface area contributed by atoms with E-state index in [2.05, 4.69) is 26.0 Å². The van der Waals surface area contributed by atoms with E-state index in [0.717, 1.165) is 32.1 Å². The standard InChI is InChI=1S/C19H26O2/c1-18-9-7-13(20)11-12(18)3-4-14-15-5-6-17(21)19(15,2)10-8-16(14)18/h3,5-6,13-16,20H,4,7-11H2,1-2H3/t13?,14?,15?,16?,18-,19-/m0/s1. The lowest BCUT2D eigenvalue weighted by molar-refractivity contribution is -0.129. The summed E-state index contributed by atoms with van der Waals surface area (Å²) in [5.74, 6) is 2.10. The Hall–Kier alpha value is -0.890. The van der Waals surface area contributed by atoms with Crippen LogP contribution in [-0.2, 0) is 4.79 Å². The molecule has 0 aromatic carbocycles. The molecule has 4 unspecified atom stereocenters. The number of ketones is 1. The molecule has 1 N–H and O–H groups in total. The van der Waals surface area contributed by atoms with Crippen LogP contribution in [0, 0.1) is 28.6 Å². The number of aliphatic hydroxyl groups is 1. The minimum atomic E-state index is -0.136. The third kappa shape index (κ3) is 1.72. The van der Waals surface area contributed by atoms with Crippen molar-refractivity contribution in [2.75, 3.05) is 0 Å². The molecule has 0 amide bonds. The Morgan fingerprint density at radius 2 is 1.95 bits per heavy atom. The van der Waals surface area contributed by atoms with E-state index in [4.69, 9.17) is 0 Å². The van der Waals surface area contributed by atoms with Gasteiger partial charge in [0.1, 0.15) is 0 Å². The van der Waals surface area contributed by atoms with Gasteiger partial charge in [0.05, 0.1) is 6.10 Å². The number of hydrogen-bond donors (Lipinski definition) is 1. The molecule has 2 fully saturated rings. The van der Waals surface area contributed by atoms with E-state index in [0.29, 0.717) is 23.5 Å². The van der Waals surface area contributed by atoms with E-state index in [1.807, 2.05) is 6.08 Å². The number of aliphatic hydroxyl groups excluding tert-OH is 1. The van der Waals surface area contributed by atoms with Crippen molar-refractivity contribution in [3.8, 4) is 0 Å². The van der Waals surface area contributed by atoms with E-state index in [9.17, 15) is 9.90 Å². The van der Waals surface area contributed by atoms with Crippen LogP contribution in [0.1, 0.15) is 52.4 Å². The fourth-order valence-corrected chi connectivity index (χ4v) is 5.92. The number of carbonyl (C=O) groups is 1. The first-order valence-corrected chi connectivity index (χ1v) is 8.55. The van der Waals surface area contributed by atoms with E-state index < -0.39 is 0 Å². The monoisotopic (exact) mass is 286 g/mol. The first-order valence-electron chi connectivity index (χ1n) is 8.55. The number of rotatable bonds is 0. The molecule has 0 aliphatic heterocycles. The quantitative estimate of drug-likeness (QED) is 0.690. The minimum absolute atomic E-state index is 0.128. The van der Waals surface area contributed by atoms with Gasteiger partial charge < -0.3 is 5.11 Å². The largest absolute Gasteiger partial charge is 0.393 e. The summed E-state index contributed by atoms with van der Waals surface area (Å²) in [4.78, 5) is 12.3. The van der Waals surface area contributed by atoms with Gasteiger partial charge in [-0.1, -0.05) is 31.6 Å². The maximum absolute atomic E-state index is 12.3. The first kappa shape index (κ1) is 13.8. The zero-order valence-corrected chi connectivity index (χ0v) is 13.1. The predicted octanol–water partition coefficient (Wildman–Crippen LogP) is 3.66. The van der Waals surface area contributed by atoms with Gasteiger partial charge in [-0.2, -0.15) is 0 Å². The summed E-state index contributed by atoms with van der Waals surface area (Å²) >= 11 is 0. The number of fused-ring (bicyclic) bond motifs is 5. The molecule has 0 spiro atoms. The van der Waals surface area contributed by atoms with Crippen molar-refractivity contribution in [2.45, 2.75) is 58.5 Å². The van der Waals surface area contributed by atoms with Crippen LogP contribution in [0.5, 0.6) is 0 Å². The molecule has 4 rings (SSSR count). The molecule has 0 radical (unpaired) electrons. The SMILES string of the molecule is C[C@]12CCC(O)CC1=CCC1C2CC[C@]2(C)C(=O)C=CC12. The molecule has 6 atom stereocenters. The van der Waals surface area contributed by atoms with Crippen molar-refractivity contribution in [3.05, 3.63) is 23.8 Å². The van der Waals surface area contributed by atoms with Crippen molar-refractivity contribution in [1.82, 2.24) is 0 Å². The average Bonchev–Trinajstić information content (AvgIpc) is 2.76. The Bertz CT molecular complexity index is 546. The maximum atomic E-state index is 12.3. The van der Waals surface area contributed by atoms with Crippen LogP contribution < -0.4 is 0 Å². The molecular formula is C19H26O2. The topological polar surface area (TPSA) is 37.3 Å². The summed E-state index contributed by atoms with van der Waals surface area (Å²) in [5.41, 5.74) is 1.64. The molecule has 21 heavy (non-hydrogen) atoms. The van der Waals surface area contributed by atoms with Gasteiger partial charge in [-0.05, 0) is 67.8 Å². The van der Waals surface area contributed by atoms with Crippen molar-refractivity contribution >= 4 is 5.78 Å². The fraction of sp³-hybridized carbons (Fsp3) is 0.737. The fourth-order valence-electron chi connectivity index (χ4n) is 5.92. The van der Waals surface area contributed by atoms with Crippen LogP contribution in [0.2, 0.25) is 0 Å². The zero-order chi connectivity index (χ0) is 14.8. The highest BCUT2D eigenvalue weighted by Crippen LogP contribution is 2.62. The molecular weight excluding hydrogens is 260 g/mol. The van der Waals surface area contributed by atoms with Crippen molar-refractivity contribution < 1.29 is 9.90 Å². The highest BCUT2D eigenvalue weighted by atomic mass is 16.3. The number of hydrogen-bond acceptors (Lipinski definition) is 2. The third-order valence-corrected chi connectivity index (χ3v) is 7.35. The summed E-state index contributed by atoms with van der Waals surface area (Å²) in [6.45, 7) is 4.60. The Balaban J connectivity index is 1.71. The highest BCUT2D eigenvalue weighted by Gasteiger charge is 2.57. The van der Waals surface area contributed by atoms with E-state index in [1.54, 1.807) is 0 Å². The van der Waals surface area contributed by atoms with Crippen LogP contribution in [0.15, 0.2) is 23.8 Å². The lowest BCUT2D eigenvalue weighted by atomic mass is 9.48. The Morgan fingerprint density at radius 3 is 2.76 bits per heavy atom. The van der Waals surface area contributed by atoms with Gasteiger partial charge in [0.25, 0.3) is 0 Å². The second kappa shape index (κ2) is 4.32. The van der Waals surface area contributed by atoms with Gasteiger partial charge in [-0.15, -0.1) is 0 Å². The summed E-state index contributed by atoms with van der Waals surface area (Å²) in [6.07, 6.45) is 12.6. The molecule has 2 saturated carbocycles. The molecule has 0 heterocycles. The van der Waals surface area contributed by atoms with Crippen molar-refractivity contribution in [3.63, 3.8) is 0 Å². The Morgan fingerprint density at radius 1 is 1.19 bits per heavy atom. The lowest BCUT2D eigenvalue weighted by Crippen LogP contribution is -2.50. The van der Waals surface area contributed by atoms with Crippen molar-refractivity contribution in [2.24, 2.45) is 28.6 Å². The number of carbonyl (C=O) groups excluding carboxylic acids is 1. The van der Waals surface area contributed by atoms with E-state index in [-0.39, 0.29) is 16.9 Å². The third-order valence-electron chi connectivity index (χ3n) is 7.35. The molecule has 0 aromatic heterocycles. The second-order valence-corrected chi connectivity index (χ2v) is 8.25. The second-order valence-electron chi connectivity index (χ2n) is 8.25. The summed E-state index contributed by atoms with van der Waals surface area (Å²) in [6, 6.07) is 0. The lowest BCUT2D eigenvalue weighted by Gasteiger charge is -2.56. The van der Waals surface area contributed by atoms with Crippen LogP contribution in [0.3, 0.4) is 0 Å². The zero-order valence-electron chi connectivity index (χ0n) is 13.1. The molecule has 0 aromatic rings. The number of allylic oxidation sites excluding steroid dienone is 3. The molecule has 0 bridgehead atoms. The van der Waals surface area contributed by atoms with Gasteiger partial charge in [0.15, 0.2) is 5.78 Å². The predicted molar refractivity (Wildman–Crippen MR) is 82.6 cm³/mol. The van der Waals surface area contributed by atoms with Gasteiger partial charge in [0, 0.05) is 5.41 Å². The molecule has 0 saturated heterocycles. The molecule has 2 heteroatoms. The van der Waals surface area contributed by atoms with Gasteiger partial charge >= 0.3 is 0 Å². The van der Waals surface area contributed by atoms with Gasteiger partial charge in [0.2, 0.25) is 0 Å². The minimum Gasteiger partial charge on any atom is -0.393 e. The van der Waals surface area contributed by atoms with Crippen LogP contribution in [0.25, 0.3) is 0 Å². The summed E-state index contributed by atoms with van der Waals surface area (Å²) in [7, 11) is 0. The molecule has 114 valence electrons. The Kier molecular flexibility index (Phi) is 2.83. The summed E-state index contributed by atoms with van der Waals surface area (Å²) in [5, 5.41) is 9.99. The van der Waals surface area contributed by atoms with E-state index in [1.165, 1.54) is 12.0 Å². The average molecular weight is 286 g/mol. The van der Waals surface area contributed by atoms with Gasteiger partial charge in [-0.3, -0.25) is 4.79 Å². The maximum Gasteiger partial charge on any atom is 0.161 e. The smallest absolute Gasteiger partial charge is 0.161 e.